The number of furan rings is 1. The number of aromatic nitrogens is 2. The molecule has 182 valence electrons. The van der Waals surface area contributed by atoms with Crippen LogP contribution in [-0.2, 0) is 6.42 Å². The zero-order chi connectivity index (χ0) is 23.8. The van der Waals surface area contributed by atoms with E-state index in [0.29, 0.717) is 41.3 Å². The van der Waals surface area contributed by atoms with Gasteiger partial charge < -0.3 is 28.4 Å². The third-order valence-electron chi connectivity index (χ3n) is 6.94. The quantitative estimate of drug-likeness (QED) is 0.422. The van der Waals surface area contributed by atoms with Crippen molar-refractivity contribution in [2.75, 3.05) is 32.8 Å². The van der Waals surface area contributed by atoms with Crippen molar-refractivity contribution in [3.8, 4) is 23.1 Å². The molecule has 4 heterocycles. The first-order valence-electron chi connectivity index (χ1n) is 12.2. The first-order chi connectivity index (χ1) is 17.1. The molecule has 0 radical (unpaired) electrons. The van der Waals surface area contributed by atoms with Crippen molar-refractivity contribution in [3.63, 3.8) is 0 Å². The van der Waals surface area contributed by atoms with Gasteiger partial charge in [-0.3, -0.25) is 0 Å². The minimum Gasteiger partial charge on any atom is -0.493 e. The number of nitrogens with zero attached hydrogens (tertiary/aromatic N) is 3. The highest BCUT2D eigenvalue weighted by atomic mass is 16.5. The van der Waals surface area contributed by atoms with Crippen LogP contribution in [0.2, 0.25) is 0 Å². The van der Waals surface area contributed by atoms with Crippen LogP contribution in [0.5, 0.6) is 11.5 Å². The Morgan fingerprint density at radius 1 is 1.17 bits per heavy atom. The standard InChI is InChI=1S/C27H29N3O5/c1-17-28-27(29-35-17)26-14-22-24(3-2-4-25(22)34-26)33-16-21(31)15-30-10-7-18(8-11-30)19-5-6-23-20(13-19)9-12-32-23/h2-6,13-14,18,21,31H,7-12,15-16H2,1H3. The molecule has 1 saturated heterocycles. The summed E-state index contributed by atoms with van der Waals surface area (Å²) in [6.45, 7) is 5.29. The van der Waals surface area contributed by atoms with Crippen LogP contribution >= 0.6 is 0 Å². The van der Waals surface area contributed by atoms with E-state index in [4.69, 9.17) is 18.4 Å². The normalized spacial score (nSPS) is 17.4. The van der Waals surface area contributed by atoms with Gasteiger partial charge in [0.25, 0.3) is 0 Å². The Labute approximate surface area is 203 Å². The largest absolute Gasteiger partial charge is 0.493 e. The molecule has 0 saturated carbocycles. The molecule has 8 heteroatoms. The molecule has 0 amide bonds. The summed E-state index contributed by atoms with van der Waals surface area (Å²) in [5.74, 6) is 3.68. The van der Waals surface area contributed by atoms with Gasteiger partial charge in [0.15, 0.2) is 5.76 Å². The van der Waals surface area contributed by atoms with Crippen LogP contribution in [0.15, 0.2) is 51.4 Å². The number of β-amino-alcohol motifs (C(OH)–C–C–N with tert-alkyl or cyclic N) is 1. The lowest BCUT2D eigenvalue weighted by Crippen LogP contribution is -2.40. The number of hydrogen-bond donors (Lipinski definition) is 1. The maximum Gasteiger partial charge on any atom is 0.238 e. The molecule has 1 N–H and O–H groups in total. The van der Waals surface area contributed by atoms with Crippen molar-refractivity contribution in [2.24, 2.45) is 0 Å². The van der Waals surface area contributed by atoms with Crippen LogP contribution in [0, 0.1) is 6.92 Å². The number of hydrogen-bond acceptors (Lipinski definition) is 8. The summed E-state index contributed by atoms with van der Waals surface area (Å²) in [7, 11) is 0. The topological polar surface area (TPSA) is 94.0 Å². The molecule has 2 aromatic carbocycles. The lowest BCUT2D eigenvalue weighted by Gasteiger charge is -2.33. The van der Waals surface area contributed by atoms with Crippen LogP contribution in [0.1, 0.15) is 35.8 Å². The SMILES string of the molecule is Cc1nc(-c2cc3c(OCC(O)CN4CCC(c5ccc6c(c5)CCO6)CC4)cccc3o2)no1. The second kappa shape index (κ2) is 9.36. The molecule has 6 rings (SSSR count). The lowest BCUT2D eigenvalue weighted by atomic mass is 9.88. The number of ether oxygens (including phenoxy) is 2. The first-order valence-corrected chi connectivity index (χ1v) is 12.2. The summed E-state index contributed by atoms with van der Waals surface area (Å²) in [4.78, 5) is 6.55. The lowest BCUT2D eigenvalue weighted by molar-refractivity contribution is 0.0599. The Morgan fingerprint density at radius 3 is 2.89 bits per heavy atom. The van der Waals surface area contributed by atoms with E-state index in [2.05, 4.69) is 33.2 Å². The number of aryl methyl sites for hydroxylation is 1. The molecule has 35 heavy (non-hydrogen) atoms. The van der Waals surface area contributed by atoms with Crippen molar-refractivity contribution in [1.29, 1.82) is 0 Å². The third-order valence-corrected chi connectivity index (χ3v) is 6.94. The maximum atomic E-state index is 10.7. The van der Waals surface area contributed by atoms with E-state index >= 15 is 0 Å². The minimum atomic E-state index is -0.579. The number of rotatable bonds is 7. The smallest absolute Gasteiger partial charge is 0.238 e. The van der Waals surface area contributed by atoms with E-state index in [1.165, 1.54) is 11.1 Å². The maximum absolute atomic E-state index is 10.7. The average molecular weight is 476 g/mol. The molecule has 8 nitrogen and oxygen atoms in total. The van der Waals surface area contributed by atoms with Gasteiger partial charge in [-0.25, -0.2) is 0 Å². The number of likely N-dealkylation sites (tertiary alicyclic amines) is 1. The highest BCUT2D eigenvalue weighted by molar-refractivity contribution is 5.87. The van der Waals surface area contributed by atoms with Crippen LogP contribution in [0.3, 0.4) is 0 Å². The molecule has 2 aliphatic heterocycles. The van der Waals surface area contributed by atoms with E-state index in [0.717, 1.165) is 50.1 Å². The Morgan fingerprint density at radius 2 is 2.06 bits per heavy atom. The molecule has 2 aliphatic rings. The zero-order valence-electron chi connectivity index (χ0n) is 19.8. The van der Waals surface area contributed by atoms with Crippen molar-refractivity contribution in [3.05, 3.63) is 59.5 Å². The van der Waals surface area contributed by atoms with Crippen molar-refractivity contribution in [2.45, 2.75) is 38.2 Å². The fourth-order valence-corrected chi connectivity index (χ4v) is 5.12. The van der Waals surface area contributed by atoms with Gasteiger partial charge in [-0.1, -0.05) is 23.4 Å². The van der Waals surface area contributed by atoms with E-state index in [9.17, 15) is 5.11 Å². The number of aliphatic hydroxyl groups is 1. The highest BCUT2D eigenvalue weighted by Gasteiger charge is 2.24. The van der Waals surface area contributed by atoms with E-state index < -0.39 is 6.10 Å². The van der Waals surface area contributed by atoms with E-state index in [1.54, 1.807) is 6.92 Å². The van der Waals surface area contributed by atoms with Crippen LogP contribution in [-0.4, -0.2) is 59.1 Å². The summed E-state index contributed by atoms with van der Waals surface area (Å²) in [5.41, 5.74) is 3.43. The Hall–Kier alpha value is -3.36. The third kappa shape index (κ3) is 4.63. The second-order valence-electron chi connectivity index (χ2n) is 9.42. The van der Waals surface area contributed by atoms with Gasteiger partial charge in [0, 0.05) is 19.9 Å². The summed E-state index contributed by atoms with van der Waals surface area (Å²) >= 11 is 0. The molecular formula is C27H29N3O5. The number of fused-ring (bicyclic) bond motifs is 2. The van der Waals surface area contributed by atoms with Crippen molar-refractivity contribution >= 4 is 11.0 Å². The Balaban J connectivity index is 1.03. The predicted molar refractivity (Wildman–Crippen MR) is 130 cm³/mol. The molecule has 1 fully saturated rings. The number of benzene rings is 2. The average Bonchev–Trinajstić information content (AvgIpc) is 3.62. The summed E-state index contributed by atoms with van der Waals surface area (Å²) in [5, 5.41) is 15.4. The molecule has 1 unspecified atom stereocenters. The van der Waals surface area contributed by atoms with Crippen molar-refractivity contribution in [1.82, 2.24) is 15.0 Å². The molecule has 0 spiro atoms. The predicted octanol–water partition coefficient (Wildman–Crippen LogP) is 4.35. The summed E-state index contributed by atoms with van der Waals surface area (Å²) < 4.78 is 22.6. The van der Waals surface area contributed by atoms with Crippen LogP contribution < -0.4 is 9.47 Å². The van der Waals surface area contributed by atoms with Crippen LogP contribution in [0.4, 0.5) is 0 Å². The van der Waals surface area contributed by atoms with E-state index in [-0.39, 0.29) is 6.61 Å². The molecule has 1 atom stereocenters. The fourth-order valence-electron chi connectivity index (χ4n) is 5.12. The molecule has 0 aliphatic carbocycles. The van der Waals surface area contributed by atoms with Crippen molar-refractivity contribution < 1.29 is 23.5 Å². The fraction of sp³-hybridized carbons (Fsp3) is 0.407. The number of piperidine rings is 1. The summed E-state index contributed by atoms with van der Waals surface area (Å²) in [6, 6.07) is 14.1. The first kappa shape index (κ1) is 22.1. The highest BCUT2D eigenvalue weighted by Crippen LogP contribution is 2.34. The monoisotopic (exact) mass is 475 g/mol. The molecule has 0 bridgehead atoms. The van der Waals surface area contributed by atoms with Gasteiger partial charge in [0.05, 0.1) is 12.0 Å². The Bertz CT molecular complexity index is 1320. The van der Waals surface area contributed by atoms with Gasteiger partial charge in [-0.2, -0.15) is 4.98 Å². The summed E-state index contributed by atoms with van der Waals surface area (Å²) in [6.07, 6.45) is 2.63. The van der Waals surface area contributed by atoms with Gasteiger partial charge in [-0.05, 0) is 67.2 Å². The van der Waals surface area contributed by atoms with Crippen LogP contribution in [0.25, 0.3) is 22.6 Å². The zero-order valence-corrected chi connectivity index (χ0v) is 19.8. The van der Waals surface area contributed by atoms with Gasteiger partial charge >= 0.3 is 0 Å². The van der Waals surface area contributed by atoms with Gasteiger partial charge in [0.2, 0.25) is 11.7 Å². The Kier molecular flexibility index (Phi) is 5.91. The number of aliphatic hydroxyl groups excluding tert-OH is 1. The molecule has 2 aromatic heterocycles. The molecule has 4 aromatic rings. The molecular weight excluding hydrogens is 446 g/mol. The second-order valence-corrected chi connectivity index (χ2v) is 9.42. The minimum absolute atomic E-state index is 0.214. The van der Waals surface area contributed by atoms with E-state index in [1.807, 2.05) is 24.3 Å². The van der Waals surface area contributed by atoms with Gasteiger partial charge in [-0.15, -0.1) is 0 Å². The van der Waals surface area contributed by atoms with Gasteiger partial charge in [0.1, 0.15) is 29.8 Å².